The van der Waals surface area contributed by atoms with Crippen LogP contribution in [-0.4, -0.2) is 23.3 Å². The second-order valence-electron chi connectivity index (χ2n) is 4.90. The maximum atomic E-state index is 12.3. The number of nitrogens with zero attached hydrogens (tertiary/aromatic N) is 1. The van der Waals surface area contributed by atoms with Crippen LogP contribution in [0.1, 0.15) is 5.69 Å². The van der Waals surface area contributed by atoms with Gasteiger partial charge in [-0.1, -0.05) is 6.07 Å². The second-order valence-corrected chi connectivity index (χ2v) is 5.68. The van der Waals surface area contributed by atoms with Crippen molar-refractivity contribution in [1.82, 2.24) is 10.2 Å². The van der Waals surface area contributed by atoms with Crippen molar-refractivity contribution in [2.45, 2.75) is 6.92 Å². The van der Waals surface area contributed by atoms with E-state index in [4.69, 9.17) is 4.74 Å². The quantitative estimate of drug-likeness (QED) is 0.674. The standard InChI is InChI=1S/C16H16N4O2S/c1-10-14(15(20-19-10)11-6-7-23-9-11)18-16(21)17-12-4-3-5-13(8-12)22-2/h3-9H,1-2H3,(H,19,20)(H2,17,18,21). The normalized spacial score (nSPS) is 10.3. The van der Waals surface area contributed by atoms with E-state index in [-0.39, 0.29) is 6.03 Å². The number of carbonyl (C=O) groups is 1. The molecule has 1 aromatic carbocycles. The molecule has 0 saturated heterocycles. The van der Waals surface area contributed by atoms with Crippen LogP contribution in [0.4, 0.5) is 16.2 Å². The van der Waals surface area contributed by atoms with Crippen LogP contribution >= 0.6 is 11.3 Å². The first-order valence-corrected chi connectivity index (χ1v) is 7.91. The summed E-state index contributed by atoms with van der Waals surface area (Å²) in [6, 6.07) is 8.81. The first kappa shape index (κ1) is 15.1. The van der Waals surface area contributed by atoms with Gasteiger partial charge in [-0.3, -0.25) is 5.10 Å². The molecule has 0 unspecified atom stereocenters. The Balaban J connectivity index is 1.77. The van der Waals surface area contributed by atoms with Gasteiger partial charge in [0.2, 0.25) is 0 Å². The molecular weight excluding hydrogens is 312 g/mol. The summed E-state index contributed by atoms with van der Waals surface area (Å²) in [6.45, 7) is 1.87. The maximum Gasteiger partial charge on any atom is 0.323 e. The van der Waals surface area contributed by atoms with E-state index in [2.05, 4.69) is 20.8 Å². The average molecular weight is 328 g/mol. The number of amides is 2. The number of benzene rings is 1. The van der Waals surface area contributed by atoms with Gasteiger partial charge in [-0.15, -0.1) is 0 Å². The monoisotopic (exact) mass is 328 g/mol. The molecule has 0 aliphatic heterocycles. The number of anilines is 2. The first-order valence-electron chi connectivity index (χ1n) is 6.97. The molecule has 3 rings (SSSR count). The Morgan fingerprint density at radius 1 is 1.30 bits per heavy atom. The molecule has 2 heterocycles. The fourth-order valence-corrected chi connectivity index (χ4v) is 2.81. The number of rotatable bonds is 4. The molecule has 7 heteroatoms. The minimum atomic E-state index is -0.334. The summed E-state index contributed by atoms with van der Waals surface area (Å²) in [5.74, 6) is 0.682. The predicted molar refractivity (Wildman–Crippen MR) is 92.3 cm³/mol. The van der Waals surface area contributed by atoms with E-state index in [1.165, 1.54) is 0 Å². The van der Waals surface area contributed by atoms with E-state index in [0.717, 1.165) is 17.0 Å². The Morgan fingerprint density at radius 3 is 2.91 bits per heavy atom. The number of methoxy groups -OCH3 is 1. The fourth-order valence-electron chi connectivity index (χ4n) is 2.17. The SMILES string of the molecule is COc1cccc(NC(=O)Nc2c(-c3ccsc3)n[nH]c2C)c1. The summed E-state index contributed by atoms with van der Waals surface area (Å²) in [5.41, 5.74) is 3.82. The minimum Gasteiger partial charge on any atom is -0.497 e. The third kappa shape index (κ3) is 3.35. The van der Waals surface area contributed by atoms with E-state index < -0.39 is 0 Å². The molecule has 2 aromatic heterocycles. The van der Waals surface area contributed by atoms with E-state index in [9.17, 15) is 4.79 Å². The van der Waals surface area contributed by atoms with Crippen LogP contribution in [-0.2, 0) is 0 Å². The van der Waals surface area contributed by atoms with Crippen molar-refractivity contribution in [2.24, 2.45) is 0 Å². The second kappa shape index (κ2) is 6.53. The largest absolute Gasteiger partial charge is 0.497 e. The molecule has 3 N–H and O–H groups in total. The van der Waals surface area contributed by atoms with Gasteiger partial charge in [-0.05, 0) is 30.5 Å². The van der Waals surface area contributed by atoms with Crippen molar-refractivity contribution in [3.05, 3.63) is 46.8 Å². The Labute approximate surface area is 137 Å². The number of urea groups is 1. The van der Waals surface area contributed by atoms with E-state index in [1.54, 1.807) is 30.6 Å². The van der Waals surface area contributed by atoms with Gasteiger partial charge in [-0.25, -0.2) is 4.79 Å². The lowest BCUT2D eigenvalue weighted by Gasteiger charge is -2.09. The highest BCUT2D eigenvalue weighted by Crippen LogP contribution is 2.30. The zero-order chi connectivity index (χ0) is 16.2. The summed E-state index contributed by atoms with van der Waals surface area (Å²) >= 11 is 1.58. The highest BCUT2D eigenvalue weighted by Gasteiger charge is 2.15. The molecule has 0 fully saturated rings. The molecule has 3 aromatic rings. The van der Waals surface area contributed by atoms with E-state index >= 15 is 0 Å². The molecule has 0 spiro atoms. The minimum absolute atomic E-state index is 0.334. The average Bonchev–Trinajstić information content (AvgIpc) is 3.18. The number of aromatic nitrogens is 2. The van der Waals surface area contributed by atoms with E-state index in [0.29, 0.717) is 17.1 Å². The summed E-state index contributed by atoms with van der Waals surface area (Å²) in [6.07, 6.45) is 0. The summed E-state index contributed by atoms with van der Waals surface area (Å²) in [7, 11) is 1.58. The third-order valence-corrected chi connectivity index (χ3v) is 3.99. The number of ether oxygens (including phenoxy) is 1. The molecule has 0 bridgehead atoms. The number of hydrogen-bond acceptors (Lipinski definition) is 4. The fraction of sp³-hybridized carbons (Fsp3) is 0.125. The Kier molecular flexibility index (Phi) is 4.29. The highest BCUT2D eigenvalue weighted by molar-refractivity contribution is 7.08. The summed E-state index contributed by atoms with van der Waals surface area (Å²) < 4.78 is 5.14. The topological polar surface area (TPSA) is 79.0 Å². The van der Waals surface area contributed by atoms with Crippen LogP contribution < -0.4 is 15.4 Å². The van der Waals surface area contributed by atoms with Crippen LogP contribution in [0.3, 0.4) is 0 Å². The molecule has 0 aliphatic rings. The first-order chi connectivity index (χ1) is 11.2. The zero-order valence-electron chi connectivity index (χ0n) is 12.7. The number of aryl methyl sites for hydroxylation is 1. The van der Waals surface area contributed by atoms with Crippen molar-refractivity contribution < 1.29 is 9.53 Å². The number of thiophene rings is 1. The number of carbonyl (C=O) groups excluding carboxylic acids is 1. The van der Waals surface area contributed by atoms with Crippen molar-refractivity contribution >= 4 is 28.7 Å². The molecule has 2 amide bonds. The molecule has 6 nitrogen and oxygen atoms in total. The lowest BCUT2D eigenvalue weighted by molar-refractivity contribution is 0.262. The van der Waals surface area contributed by atoms with Gasteiger partial charge in [-0.2, -0.15) is 16.4 Å². The van der Waals surface area contributed by atoms with E-state index in [1.807, 2.05) is 35.9 Å². The van der Waals surface area contributed by atoms with Gasteiger partial charge < -0.3 is 15.4 Å². The maximum absolute atomic E-state index is 12.3. The molecule has 0 aliphatic carbocycles. The van der Waals surface area contributed by atoms with Crippen molar-refractivity contribution in [3.8, 4) is 17.0 Å². The van der Waals surface area contributed by atoms with Gasteiger partial charge in [0.25, 0.3) is 0 Å². The highest BCUT2D eigenvalue weighted by atomic mass is 32.1. The van der Waals surface area contributed by atoms with Crippen LogP contribution in [0.2, 0.25) is 0 Å². The molecule has 0 saturated carbocycles. The van der Waals surface area contributed by atoms with Gasteiger partial charge in [0.15, 0.2) is 0 Å². The van der Waals surface area contributed by atoms with Gasteiger partial charge >= 0.3 is 6.03 Å². The Bertz CT molecular complexity index is 811. The number of H-pyrrole nitrogens is 1. The smallest absolute Gasteiger partial charge is 0.323 e. The molecule has 118 valence electrons. The van der Waals surface area contributed by atoms with Crippen molar-refractivity contribution in [1.29, 1.82) is 0 Å². The lowest BCUT2D eigenvalue weighted by Crippen LogP contribution is -2.20. The Morgan fingerprint density at radius 2 is 2.17 bits per heavy atom. The summed E-state index contributed by atoms with van der Waals surface area (Å²) in [5, 5.41) is 16.8. The predicted octanol–water partition coefficient (Wildman–Crippen LogP) is 4.10. The third-order valence-electron chi connectivity index (χ3n) is 3.31. The van der Waals surface area contributed by atoms with Crippen molar-refractivity contribution in [3.63, 3.8) is 0 Å². The zero-order valence-corrected chi connectivity index (χ0v) is 13.5. The molecule has 0 radical (unpaired) electrons. The molecular formula is C16H16N4O2S. The van der Waals surface area contributed by atoms with Crippen molar-refractivity contribution in [2.75, 3.05) is 17.7 Å². The summed E-state index contributed by atoms with van der Waals surface area (Å²) in [4.78, 5) is 12.3. The molecule has 0 atom stereocenters. The van der Waals surface area contributed by atoms with Gasteiger partial charge in [0.05, 0.1) is 18.5 Å². The van der Waals surface area contributed by atoms with Crippen LogP contribution in [0.15, 0.2) is 41.1 Å². The Hall–Kier alpha value is -2.80. The number of hydrogen-bond donors (Lipinski definition) is 3. The van der Waals surface area contributed by atoms with Crippen LogP contribution in [0.5, 0.6) is 5.75 Å². The lowest BCUT2D eigenvalue weighted by atomic mass is 10.2. The van der Waals surface area contributed by atoms with Crippen LogP contribution in [0.25, 0.3) is 11.3 Å². The van der Waals surface area contributed by atoms with Crippen LogP contribution in [0, 0.1) is 6.92 Å². The van der Waals surface area contributed by atoms with Gasteiger partial charge in [0.1, 0.15) is 11.4 Å². The number of nitrogens with one attached hydrogen (secondary N) is 3. The number of aromatic amines is 1. The van der Waals surface area contributed by atoms with Gasteiger partial charge in [0, 0.05) is 22.7 Å². The molecule has 23 heavy (non-hydrogen) atoms.